The van der Waals surface area contributed by atoms with Gasteiger partial charge in [-0.15, -0.1) is 0 Å². The van der Waals surface area contributed by atoms with Gasteiger partial charge in [-0.2, -0.15) is 0 Å². The third kappa shape index (κ3) is 6.08. The summed E-state index contributed by atoms with van der Waals surface area (Å²) in [5.74, 6) is 0.422. The van der Waals surface area contributed by atoms with Crippen LogP contribution in [0, 0.1) is 5.82 Å². The molecule has 5 nitrogen and oxygen atoms in total. The minimum atomic E-state index is -0.446. The molecular formula is C22H27ClFN2O3+. The van der Waals surface area contributed by atoms with Gasteiger partial charge in [0, 0.05) is 5.56 Å². The number of halogens is 2. The number of carbonyl (C=O) groups is 1. The molecule has 0 bridgehead atoms. The van der Waals surface area contributed by atoms with E-state index in [1.807, 2.05) is 12.1 Å². The largest absolute Gasteiger partial charge is 0.497 e. The van der Waals surface area contributed by atoms with E-state index in [0.717, 1.165) is 24.9 Å². The molecular weight excluding hydrogens is 395 g/mol. The highest BCUT2D eigenvalue weighted by Crippen LogP contribution is 2.24. The Hall–Kier alpha value is -2.31. The summed E-state index contributed by atoms with van der Waals surface area (Å²) in [6.07, 6.45) is 3.65. The maximum absolute atomic E-state index is 13.1. The second-order valence-corrected chi connectivity index (χ2v) is 7.62. The third-order valence-corrected chi connectivity index (χ3v) is 5.56. The van der Waals surface area contributed by atoms with Crippen LogP contribution < -0.4 is 19.7 Å². The summed E-state index contributed by atoms with van der Waals surface area (Å²) in [5.41, 5.74) is 1.17. The van der Waals surface area contributed by atoms with Crippen LogP contribution in [0.2, 0.25) is 5.02 Å². The number of piperidine rings is 1. The number of nitrogens with one attached hydrogen (secondary N) is 2. The number of quaternary nitrogens is 1. The van der Waals surface area contributed by atoms with E-state index < -0.39 is 5.82 Å². The Bertz CT molecular complexity index is 810. The summed E-state index contributed by atoms with van der Waals surface area (Å²) < 4.78 is 23.8. The van der Waals surface area contributed by atoms with Gasteiger partial charge in [0.05, 0.1) is 31.8 Å². The standard InChI is InChI=1S/C22H26ClFN2O3/c1-28-18-8-5-16(6-9-18)20(26-11-3-2-4-12-26)14-25-22(27)15-29-21-10-7-17(24)13-19(21)23/h5-10,13,20H,2-4,11-12,14-15H2,1H3,(H,25,27)/p+1/t20-/m0/s1. The van der Waals surface area contributed by atoms with Crippen LogP contribution in [0.4, 0.5) is 4.39 Å². The van der Waals surface area contributed by atoms with Crippen molar-refractivity contribution in [2.75, 3.05) is 33.4 Å². The molecule has 3 rings (SSSR count). The first-order valence-electron chi connectivity index (χ1n) is 9.90. The lowest BCUT2D eigenvalue weighted by Crippen LogP contribution is -3.13. The number of ether oxygens (including phenoxy) is 2. The predicted molar refractivity (Wildman–Crippen MR) is 110 cm³/mol. The second kappa shape index (κ2) is 10.5. The van der Waals surface area contributed by atoms with Crippen LogP contribution >= 0.6 is 11.6 Å². The van der Waals surface area contributed by atoms with Crippen LogP contribution in [0.15, 0.2) is 42.5 Å². The van der Waals surface area contributed by atoms with Crippen LogP contribution in [0.25, 0.3) is 0 Å². The fourth-order valence-electron chi connectivity index (χ4n) is 3.69. The normalized spacial score (nSPS) is 15.6. The van der Waals surface area contributed by atoms with E-state index in [1.54, 1.807) is 7.11 Å². The van der Waals surface area contributed by atoms with Gasteiger partial charge in [-0.05, 0) is 61.7 Å². The zero-order valence-electron chi connectivity index (χ0n) is 16.5. The number of methoxy groups -OCH3 is 1. The highest BCUT2D eigenvalue weighted by Gasteiger charge is 2.26. The molecule has 0 radical (unpaired) electrons. The molecule has 7 heteroatoms. The molecule has 1 atom stereocenters. The summed E-state index contributed by atoms with van der Waals surface area (Å²) in [5, 5.41) is 3.12. The molecule has 0 saturated carbocycles. The van der Waals surface area contributed by atoms with Gasteiger partial charge in [-0.25, -0.2) is 4.39 Å². The van der Waals surface area contributed by atoms with Crippen molar-refractivity contribution in [1.82, 2.24) is 5.32 Å². The minimum absolute atomic E-state index is 0.145. The van der Waals surface area contributed by atoms with Crippen molar-refractivity contribution in [1.29, 1.82) is 0 Å². The maximum atomic E-state index is 13.1. The van der Waals surface area contributed by atoms with Gasteiger partial charge in [0.2, 0.25) is 0 Å². The van der Waals surface area contributed by atoms with E-state index in [1.165, 1.54) is 41.9 Å². The molecule has 1 fully saturated rings. The molecule has 2 aromatic rings. The molecule has 0 unspecified atom stereocenters. The molecule has 0 aromatic heterocycles. The Morgan fingerprint density at radius 2 is 1.90 bits per heavy atom. The first-order chi connectivity index (χ1) is 14.1. The number of likely N-dealkylation sites (tertiary alicyclic amines) is 1. The first kappa shape index (κ1) is 21.4. The molecule has 1 heterocycles. The lowest BCUT2D eigenvalue weighted by Gasteiger charge is -2.32. The molecule has 0 spiro atoms. The molecule has 2 N–H and O–H groups in total. The lowest BCUT2D eigenvalue weighted by atomic mass is 10.0. The Labute approximate surface area is 175 Å². The van der Waals surface area contributed by atoms with Gasteiger partial charge >= 0.3 is 0 Å². The van der Waals surface area contributed by atoms with E-state index in [9.17, 15) is 9.18 Å². The molecule has 156 valence electrons. The van der Waals surface area contributed by atoms with Crippen molar-refractivity contribution in [3.63, 3.8) is 0 Å². The topological polar surface area (TPSA) is 52.0 Å². The molecule has 2 aromatic carbocycles. The van der Waals surface area contributed by atoms with Crippen molar-refractivity contribution in [3.05, 3.63) is 58.9 Å². The fourth-order valence-corrected chi connectivity index (χ4v) is 3.91. The van der Waals surface area contributed by atoms with E-state index in [0.29, 0.717) is 6.54 Å². The summed E-state index contributed by atoms with van der Waals surface area (Å²) in [6.45, 7) is 2.53. The van der Waals surface area contributed by atoms with Crippen molar-refractivity contribution in [2.45, 2.75) is 25.3 Å². The number of rotatable bonds is 8. The van der Waals surface area contributed by atoms with Gasteiger partial charge in [0.1, 0.15) is 23.4 Å². The Morgan fingerprint density at radius 1 is 1.17 bits per heavy atom. The van der Waals surface area contributed by atoms with E-state index in [2.05, 4.69) is 17.4 Å². The zero-order valence-corrected chi connectivity index (χ0v) is 17.3. The second-order valence-electron chi connectivity index (χ2n) is 7.21. The molecule has 1 aliphatic rings. The molecule has 1 amide bonds. The summed E-state index contributed by atoms with van der Waals surface area (Å²) in [7, 11) is 1.65. The Balaban J connectivity index is 1.60. The van der Waals surface area contributed by atoms with Crippen LogP contribution in [0.3, 0.4) is 0 Å². The average Bonchev–Trinajstić information content (AvgIpc) is 2.74. The van der Waals surface area contributed by atoms with Crippen molar-refractivity contribution < 1.29 is 23.6 Å². The summed E-state index contributed by atoms with van der Waals surface area (Å²) >= 11 is 5.94. The number of carbonyl (C=O) groups excluding carboxylic acids is 1. The van der Waals surface area contributed by atoms with Gasteiger partial charge in [0.25, 0.3) is 5.91 Å². The zero-order chi connectivity index (χ0) is 20.6. The summed E-state index contributed by atoms with van der Waals surface area (Å²) in [4.78, 5) is 13.8. The predicted octanol–water partition coefficient (Wildman–Crippen LogP) is 2.79. The minimum Gasteiger partial charge on any atom is -0.497 e. The highest BCUT2D eigenvalue weighted by molar-refractivity contribution is 6.32. The van der Waals surface area contributed by atoms with E-state index in [-0.39, 0.29) is 29.3 Å². The first-order valence-corrected chi connectivity index (χ1v) is 10.3. The third-order valence-electron chi connectivity index (χ3n) is 5.26. The van der Waals surface area contributed by atoms with Crippen molar-refractivity contribution in [2.24, 2.45) is 0 Å². The van der Waals surface area contributed by atoms with Gasteiger partial charge < -0.3 is 19.7 Å². The molecule has 1 saturated heterocycles. The number of benzene rings is 2. The van der Waals surface area contributed by atoms with E-state index >= 15 is 0 Å². The van der Waals surface area contributed by atoms with Crippen LogP contribution in [0.1, 0.15) is 30.9 Å². The summed E-state index contributed by atoms with van der Waals surface area (Å²) in [6, 6.07) is 12.0. The number of hydrogen-bond acceptors (Lipinski definition) is 3. The lowest BCUT2D eigenvalue weighted by molar-refractivity contribution is -0.935. The van der Waals surface area contributed by atoms with Crippen LogP contribution in [0.5, 0.6) is 11.5 Å². The van der Waals surface area contributed by atoms with Crippen molar-refractivity contribution in [3.8, 4) is 11.5 Å². The maximum Gasteiger partial charge on any atom is 0.258 e. The SMILES string of the molecule is COc1ccc([C@H](CNC(=O)COc2ccc(F)cc2Cl)[NH+]2CCCCC2)cc1. The van der Waals surface area contributed by atoms with Gasteiger partial charge in [-0.3, -0.25) is 4.79 Å². The smallest absolute Gasteiger partial charge is 0.258 e. The van der Waals surface area contributed by atoms with Gasteiger partial charge in [0.15, 0.2) is 6.61 Å². The monoisotopic (exact) mass is 421 g/mol. The van der Waals surface area contributed by atoms with Crippen LogP contribution in [-0.2, 0) is 4.79 Å². The Kier molecular flexibility index (Phi) is 7.72. The quantitative estimate of drug-likeness (QED) is 0.689. The molecule has 29 heavy (non-hydrogen) atoms. The van der Waals surface area contributed by atoms with E-state index in [4.69, 9.17) is 21.1 Å². The molecule has 1 aliphatic heterocycles. The van der Waals surface area contributed by atoms with Crippen LogP contribution in [-0.4, -0.2) is 39.3 Å². The fraction of sp³-hybridized carbons (Fsp3) is 0.409. The van der Waals surface area contributed by atoms with Gasteiger partial charge in [-0.1, -0.05) is 11.6 Å². The average molecular weight is 422 g/mol. The highest BCUT2D eigenvalue weighted by atomic mass is 35.5. The number of hydrogen-bond donors (Lipinski definition) is 2. The Morgan fingerprint density at radius 3 is 2.55 bits per heavy atom. The number of amides is 1. The van der Waals surface area contributed by atoms with Crippen molar-refractivity contribution >= 4 is 17.5 Å². The molecule has 0 aliphatic carbocycles.